The number of nitrogens with zero attached hydrogens (tertiary/aromatic N) is 3. The molecule has 1 N–H and O–H groups in total. The molecule has 0 aliphatic heterocycles. The smallest absolute Gasteiger partial charge is 0.236 e. The van der Waals surface area contributed by atoms with Crippen LogP contribution in [-0.2, 0) is 13.0 Å². The summed E-state index contributed by atoms with van der Waals surface area (Å²) in [7, 11) is 0. The highest BCUT2D eigenvalue weighted by atomic mass is 16.4. The molecule has 0 aliphatic rings. The second-order valence-electron chi connectivity index (χ2n) is 4.58. The molecule has 19 heavy (non-hydrogen) atoms. The first-order valence-electron chi connectivity index (χ1n) is 6.97. The first kappa shape index (κ1) is 13.8. The van der Waals surface area contributed by atoms with Crippen LogP contribution in [0.15, 0.2) is 22.9 Å². The van der Waals surface area contributed by atoms with Gasteiger partial charge in [0.15, 0.2) is 0 Å². The number of hydrogen-bond donors (Lipinski definition) is 1. The highest BCUT2D eigenvalue weighted by Crippen LogP contribution is 2.17. The van der Waals surface area contributed by atoms with Crippen molar-refractivity contribution in [2.24, 2.45) is 0 Å². The Bertz CT molecular complexity index is 503. The summed E-state index contributed by atoms with van der Waals surface area (Å²) in [5.74, 6) is 1.36. The number of hydrogen-bond acceptors (Lipinski definition) is 4. The van der Waals surface area contributed by atoms with Gasteiger partial charge in [-0.25, -0.2) is 0 Å². The van der Waals surface area contributed by atoms with Crippen LogP contribution in [0.1, 0.15) is 50.6 Å². The lowest BCUT2D eigenvalue weighted by Crippen LogP contribution is -2.19. The van der Waals surface area contributed by atoms with Gasteiger partial charge in [0.05, 0.1) is 0 Å². The number of nitrogens with one attached hydrogen (secondary N) is 1. The van der Waals surface area contributed by atoms with Gasteiger partial charge in [-0.2, -0.15) is 0 Å². The van der Waals surface area contributed by atoms with Gasteiger partial charge >= 0.3 is 0 Å². The third-order valence-corrected chi connectivity index (χ3v) is 3.16. The third-order valence-electron chi connectivity index (χ3n) is 3.16. The summed E-state index contributed by atoms with van der Waals surface area (Å²) < 4.78 is 7.61. The molecule has 0 saturated heterocycles. The Kier molecular flexibility index (Phi) is 4.74. The molecule has 5 heteroatoms. The lowest BCUT2D eigenvalue weighted by molar-refractivity contribution is 0.442. The molecule has 0 spiro atoms. The molecular weight excluding hydrogens is 240 g/mol. The van der Waals surface area contributed by atoms with Gasteiger partial charge < -0.3 is 14.3 Å². The van der Waals surface area contributed by atoms with Gasteiger partial charge in [-0.1, -0.05) is 20.8 Å². The molecule has 1 atom stereocenters. The van der Waals surface area contributed by atoms with Crippen molar-refractivity contribution in [3.8, 4) is 0 Å². The quantitative estimate of drug-likeness (QED) is 0.833. The summed E-state index contributed by atoms with van der Waals surface area (Å²) in [5.41, 5.74) is 1.31. The molecule has 0 amide bonds. The van der Waals surface area contributed by atoms with Crippen molar-refractivity contribution in [3.05, 3.63) is 35.8 Å². The Hall–Kier alpha value is -1.62. The zero-order valence-electron chi connectivity index (χ0n) is 11.9. The van der Waals surface area contributed by atoms with Crippen molar-refractivity contribution in [1.82, 2.24) is 20.1 Å². The average Bonchev–Trinajstić information content (AvgIpc) is 3.05. The van der Waals surface area contributed by atoms with Crippen LogP contribution in [0, 0.1) is 0 Å². The zero-order chi connectivity index (χ0) is 13.7. The largest absolute Gasteiger partial charge is 0.423 e. The third kappa shape index (κ3) is 3.44. The van der Waals surface area contributed by atoms with Crippen LogP contribution in [0.3, 0.4) is 0 Å². The Morgan fingerprint density at radius 3 is 2.68 bits per heavy atom. The minimum absolute atomic E-state index is 0.417. The topological polar surface area (TPSA) is 55.9 Å². The lowest BCUT2D eigenvalue weighted by Gasteiger charge is -2.13. The minimum atomic E-state index is 0.417. The van der Waals surface area contributed by atoms with Gasteiger partial charge in [-0.15, -0.1) is 10.2 Å². The van der Waals surface area contributed by atoms with Gasteiger partial charge in [-0.3, -0.25) is 0 Å². The second kappa shape index (κ2) is 6.52. The van der Waals surface area contributed by atoms with Crippen LogP contribution in [0.4, 0.5) is 0 Å². The predicted molar refractivity (Wildman–Crippen MR) is 73.9 cm³/mol. The van der Waals surface area contributed by atoms with Crippen molar-refractivity contribution in [2.45, 2.75) is 46.2 Å². The minimum Gasteiger partial charge on any atom is -0.423 e. The average molecular weight is 262 g/mol. The molecule has 2 rings (SSSR count). The molecule has 0 aliphatic carbocycles. The SMILES string of the molecule is CCNC(CC)c1ccn(Cc2nnc(CC)o2)c1. The number of aryl methyl sites for hydroxylation is 1. The molecule has 0 fully saturated rings. The summed E-state index contributed by atoms with van der Waals surface area (Å²) in [6.45, 7) is 7.94. The number of rotatable bonds is 7. The molecule has 0 aromatic carbocycles. The molecular formula is C14H22N4O. The maximum absolute atomic E-state index is 5.52. The van der Waals surface area contributed by atoms with Crippen LogP contribution < -0.4 is 5.32 Å². The summed E-state index contributed by atoms with van der Waals surface area (Å²) >= 11 is 0. The van der Waals surface area contributed by atoms with Crippen LogP contribution >= 0.6 is 0 Å². The summed E-state index contributed by atoms with van der Waals surface area (Å²) in [6.07, 6.45) is 6.07. The molecule has 0 bridgehead atoms. The maximum atomic E-state index is 5.52. The van der Waals surface area contributed by atoms with E-state index in [1.54, 1.807) is 0 Å². The summed E-state index contributed by atoms with van der Waals surface area (Å²) in [6, 6.07) is 2.56. The van der Waals surface area contributed by atoms with E-state index in [2.05, 4.69) is 52.4 Å². The van der Waals surface area contributed by atoms with Gasteiger partial charge in [0.2, 0.25) is 11.8 Å². The first-order valence-corrected chi connectivity index (χ1v) is 6.97. The summed E-state index contributed by atoms with van der Waals surface area (Å²) in [5, 5.41) is 11.5. The van der Waals surface area contributed by atoms with Crippen LogP contribution in [-0.4, -0.2) is 21.3 Å². The van der Waals surface area contributed by atoms with E-state index in [-0.39, 0.29) is 0 Å². The van der Waals surface area contributed by atoms with E-state index in [0.29, 0.717) is 24.4 Å². The fourth-order valence-electron chi connectivity index (χ4n) is 2.16. The zero-order valence-corrected chi connectivity index (χ0v) is 11.9. The Balaban J connectivity index is 2.04. The van der Waals surface area contributed by atoms with Crippen LogP contribution in [0.2, 0.25) is 0 Å². The standard InChI is InChI=1S/C14H22N4O/c1-4-12(15-6-3)11-7-8-18(9-11)10-14-17-16-13(5-2)19-14/h7-9,12,15H,4-6,10H2,1-3H3. The van der Waals surface area contributed by atoms with E-state index >= 15 is 0 Å². The Labute approximate surface area is 114 Å². The van der Waals surface area contributed by atoms with Crippen LogP contribution in [0.25, 0.3) is 0 Å². The number of aromatic nitrogens is 3. The van der Waals surface area contributed by atoms with Gasteiger partial charge in [-0.05, 0) is 24.6 Å². The maximum Gasteiger partial charge on any atom is 0.236 e. The molecule has 104 valence electrons. The molecule has 0 saturated carbocycles. The first-order chi connectivity index (χ1) is 9.26. The Morgan fingerprint density at radius 1 is 1.26 bits per heavy atom. The normalized spacial score (nSPS) is 12.8. The van der Waals surface area contributed by atoms with E-state index in [1.165, 1.54) is 5.56 Å². The predicted octanol–water partition coefficient (Wildman–Crippen LogP) is 2.54. The monoisotopic (exact) mass is 262 g/mol. The van der Waals surface area contributed by atoms with E-state index in [4.69, 9.17) is 4.42 Å². The highest BCUT2D eigenvalue weighted by molar-refractivity contribution is 5.15. The second-order valence-corrected chi connectivity index (χ2v) is 4.58. The molecule has 0 radical (unpaired) electrons. The molecule has 2 aromatic heterocycles. The van der Waals surface area contributed by atoms with Crippen molar-refractivity contribution in [1.29, 1.82) is 0 Å². The fourth-order valence-corrected chi connectivity index (χ4v) is 2.16. The van der Waals surface area contributed by atoms with Crippen molar-refractivity contribution < 1.29 is 4.42 Å². The van der Waals surface area contributed by atoms with Crippen molar-refractivity contribution in [3.63, 3.8) is 0 Å². The molecule has 2 aromatic rings. The van der Waals surface area contributed by atoms with Gasteiger partial charge in [0, 0.05) is 24.9 Å². The highest BCUT2D eigenvalue weighted by Gasteiger charge is 2.10. The van der Waals surface area contributed by atoms with E-state index in [9.17, 15) is 0 Å². The van der Waals surface area contributed by atoms with Gasteiger partial charge in [0.1, 0.15) is 6.54 Å². The van der Waals surface area contributed by atoms with E-state index in [1.807, 2.05) is 6.92 Å². The fraction of sp³-hybridized carbons (Fsp3) is 0.571. The summed E-state index contributed by atoms with van der Waals surface area (Å²) in [4.78, 5) is 0. The van der Waals surface area contributed by atoms with Gasteiger partial charge in [0.25, 0.3) is 0 Å². The van der Waals surface area contributed by atoms with Crippen molar-refractivity contribution >= 4 is 0 Å². The van der Waals surface area contributed by atoms with E-state index in [0.717, 1.165) is 19.4 Å². The Morgan fingerprint density at radius 2 is 2.05 bits per heavy atom. The van der Waals surface area contributed by atoms with Crippen LogP contribution in [0.5, 0.6) is 0 Å². The van der Waals surface area contributed by atoms with E-state index < -0.39 is 0 Å². The van der Waals surface area contributed by atoms with Crippen molar-refractivity contribution in [2.75, 3.05) is 6.54 Å². The lowest BCUT2D eigenvalue weighted by atomic mass is 10.1. The molecule has 2 heterocycles. The molecule has 1 unspecified atom stereocenters. The molecule has 5 nitrogen and oxygen atoms in total.